The number of ether oxygens (including phenoxy) is 3. The van der Waals surface area contributed by atoms with Gasteiger partial charge in [-0.2, -0.15) is 4.68 Å². The third-order valence-electron chi connectivity index (χ3n) is 7.02. The highest BCUT2D eigenvalue weighted by Crippen LogP contribution is 2.35. The van der Waals surface area contributed by atoms with Crippen LogP contribution in [0, 0.1) is 10.1 Å². The number of rotatable bonds is 8. The molecule has 10 heteroatoms. The van der Waals surface area contributed by atoms with E-state index in [0.717, 1.165) is 15.5 Å². The van der Waals surface area contributed by atoms with E-state index in [4.69, 9.17) is 14.2 Å². The summed E-state index contributed by atoms with van der Waals surface area (Å²) >= 11 is 0. The first-order valence-corrected chi connectivity index (χ1v) is 13.6. The van der Waals surface area contributed by atoms with Gasteiger partial charge >= 0.3 is 5.97 Å². The molecule has 1 aromatic heterocycles. The topological polar surface area (TPSA) is 123 Å². The Morgan fingerprint density at radius 3 is 1.95 bits per heavy atom. The maximum absolute atomic E-state index is 14.2. The molecule has 214 valence electrons. The monoisotopic (exact) mass is 575 g/mol. The Bertz CT molecular complexity index is 2070. The second kappa shape index (κ2) is 11.2. The van der Waals surface area contributed by atoms with Gasteiger partial charge in [0.15, 0.2) is 0 Å². The highest BCUT2D eigenvalue weighted by atomic mass is 16.6. The number of non-ortho nitro benzene ring substituents is 1. The predicted molar refractivity (Wildman–Crippen MR) is 161 cm³/mol. The average Bonchev–Trinajstić information content (AvgIpc) is 3.38. The molecule has 0 spiro atoms. The van der Waals surface area contributed by atoms with Gasteiger partial charge in [-0.25, -0.2) is 4.79 Å². The fourth-order valence-corrected chi connectivity index (χ4v) is 5.15. The largest absolute Gasteiger partial charge is 0.493 e. The number of esters is 1. The van der Waals surface area contributed by atoms with Crippen LogP contribution in [0.2, 0.25) is 0 Å². The molecule has 6 aromatic rings. The molecule has 0 fully saturated rings. The van der Waals surface area contributed by atoms with Crippen LogP contribution in [-0.2, 0) is 0 Å². The van der Waals surface area contributed by atoms with Gasteiger partial charge in [0.25, 0.3) is 17.5 Å². The minimum atomic E-state index is -0.786. The van der Waals surface area contributed by atoms with Gasteiger partial charge in [0.1, 0.15) is 17.1 Å². The molecule has 5 aromatic carbocycles. The van der Waals surface area contributed by atoms with Crippen molar-refractivity contribution in [3.63, 3.8) is 0 Å². The molecule has 0 N–H and O–H groups in total. The number of carbonyl (C=O) groups excluding carboxylic acids is 2. The van der Waals surface area contributed by atoms with E-state index in [1.165, 1.54) is 18.2 Å². The van der Waals surface area contributed by atoms with Gasteiger partial charge in [0.05, 0.1) is 34.6 Å². The molecule has 0 bridgehead atoms. The van der Waals surface area contributed by atoms with E-state index in [-0.39, 0.29) is 33.6 Å². The maximum atomic E-state index is 14.2. The van der Waals surface area contributed by atoms with Gasteiger partial charge in [-0.05, 0) is 53.6 Å². The number of fused-ring (bicyclic) bond motifs is 3. The molecule has 0 aliphatic rings. The average molecular weight is 576 g/mol. The molecule has 0 saturated heterocycles. The summed E-state index contributed by atoms with van der Waals surface area (Å²) in [6.45, 7) is 4.24. The second-order valence-electron chi connectivity index (χ2n) is 9.56. The van der Waals surface area contributed by atoms with Crippen molar-refractivity contribution in [3.8, 4) is 17.4 Å². The van der Waals surface area contributed by atoms with E-state index in [1.54, 1.807) is 37.3 Å². The molecular weight excluding hydrogens is 550 g/mol. The summed E-state index contributed by atoms with van der Waals surface area (Å²) in [6.07, 6.45) is 0. The predicted octanol–water partition coefficient (Wildman–Crippen LogP) is 6.96. The first-order chi connectivity index (χ1) is 20.9. The molecule has 1 heterocycles. The lowest BCUT2D eigenvalue weighted by Crippen LogP contribution is -2.17. The Morgan fingerprint density at radius 1 is 0.767 bits per heavy atom. The normalized spacial score (nSPS) is 11.1. The van der Waals surface area contributed by atoms with Gasteiger partial charge in [-0.3, -0.25) is 14.9 Å². The molecule has 43 heavy (non-hydrogen) atoms. The molecule has 6 rings (SSSR count). The van der Waals surface area contributed by atoms with E-state index in [2.05, 4.69) is 5.10 Å². The van der Waals surface area contributed by atoms with Crippen LogP contribution in [0.5, 0.6) is 17.4 Å². The van der Waals surface area contributed by atoms with E-state index >= 15 is 0 Å². The number of carbonyl (C=O) groups is 2. The van der Waals surface area contributed by atoms with Gasteiger partial charge in [-0.1, -0.05) is 60.7 Å². The minimum absolute atomic E-state index is 0.118. The fourth-order valence-electron chi connectivity index (χ4n) is 5.15. The van der Waals surface area contributed by atoms with Crippen LogP contribution in [0.4, 0.5) is 5.69 Å². The zero-order chi connectivity index (χ0) is 30.1. The summed E-state index contributed by atoms with van der Waals surface area (Å²) in [4.78, 5) is 39.0. The molecule has 0 amide bonds. The van der Waals surface area contributed by atoms with Crippen molar-refractivity contribution >= 4 is 50.0 Å². The molecule has 0 unspecified atom stereocenters. The van der Waals surface area contributed by atoms with Crippen molar-refractivity contribution in [2.75, 3.05) is 13.2 Å². The lowest BCUT2D eigenvalue weighted by molar-refractivity contribution is -0.384. The lowest BCUT2D eigenvalue weighted by Gasteiger charge is -2.13. The second-order valence-corrected chi connectivity index (χ2v) is 9.56. The zero-order valence-electron chi connectivity index (χ0n) is 23.3. The first-order valence-electron chi connectivity index (χ1n) is 13.6. The summed E-state index contributed by atoms with van der Waals surface area (Å²) in [5.41, 5.74) is 0.397. The quantitative estimate of drug-likeness (QED) is 0.108. The summed E-state index contributed by atoms with van der Waals surface area (Å²) in [7, 11) is 0. The number of nitro benzene ring substituents is 1. The third kappa shape index (κ3) is 4.88. The Hall–Kier alpha value is -5.77. The molecule has 0 aliphatic heterocycles. The highest BCUT2D eigenvalue weighted by Gasteiger charge is 2.27. The van der Waals surface area contributed by atoms with Crippen molar-refractivity contribution in [1.82, 2.24) is 9.78 Å². The van der Waals surface area contributed by atoms with Crippen LogP contribution in [0.1, 0.15) is 34.6 Å². The minimum Gasteiger partial charge on any atom is -0.493 e. The van der Waals surface area contributed by atoms with E-state index in [9.17, 15) is 19.7 Å². The summed E-state index contributed by atoms with van der Waals surface area (Å²) in [5.74, 6) is -0.931. The molecule has 0 atom stereocenters. The van der Waals surface area contributed by atoms with Crippen LogP contribution in [-0.4, -0.2) is 39.8 Å². The fraction of sp³-hybridized carbons (Fsp3) is 0.121. The van der Waals surface area contributed by atoms with Crippen molar-refractivity contribution in [2.45, 2.75) is 13.8 Å². The van der Waals surface area contributed by atoms with Crippen molar-refractivity contribution in [1.29, 1.82) is 0 Å². The number of aromatic nitrogens is 2. The number of benzene rings is 5. The van der Waals surface area contributed by atoms with E-state index in [0.29, 0.717) is 35.5 Å². The Balaban J connectivity index is 1.52. The van der Waals surface area contributed by atoms with Crippen molar-refractivity contribution < 1.29 is 28.7 Å². The zero-order valence-corrected chi connectivity index (χ0v) is 23.3. The molecule has 0 radical (unpaired) electrons. The summed E-state index contributed by atoms with van der Waals surface area (Å²) in [5, 5.41) is 19.0. The smallest absolute Gasteiger partial charge is 0.349 e. The number of hydrogen-bond acceptors (Lipinski definition) is 8. The Kier molecular flexibility index (Phi) is 7.17. The van der Waals surface area contributed by atoms with E-state index < -0.39 is 16.8 Å². The number of nitrogens with zero attached hydrogens (tertiary/aromatic N) is 3. The van der Waals surface area contributed by atoms with Gasteiger partial charge in [0, 0.05) is 12.1 Å². The van der Waals surface area contributed by atoms with Crippen molar-refractivity contribution in [2.24, 2.45) is 0 Å². The van der Waals surface area contributed by atoms with Crippen LogP contribution >= 0.6 is 0 Å². The molecule has 0 saturated carbocycles. The number of nitro groups is 1. The van der Waals surface area contributed by atoms with Crippen LogP contribution < -0.4 is 14.2 Å². The standard InChI is InChI=1S/C33H25N3O7/c1-3-41-27-17-13-20-9-5-7-11-23(20)29(27)32(37)35-26-16-15-22(36(39)40)19-25(26)31(34-35)43-33(38)30-24-12-8-6-10-21(24)14-18-28(30)42-4-2/h5-19H,3-4H2,1-2H3. The third-order valence-corrected chi connectivity index (χ3v) is 7.02. The molecule has 0 aliphatic carbocycles. The first kappa shape index (κ1) is 27.4. The SMILES string of the molecule is CCOc1ccc2ccccc2c1C(=O)Oc1nn(C(=O)c2c(OCC)ccc3ccccc23)c2ccc([N+](=O)[O-])cc12. The Labute approximate surface area is 245 Å². The highest BCUT2D eigenvalue weighted by molar-refractivity contribution is 6.13. The summed E-state index contributed by atoms with van der Waals surface area (Å²) in [6, 6.07) is 25.6. The molecular formula is C33H25N3O7. The van der Waals surface area contributed by atoms with Gasteiger partial charge in [-0.15, -0.1) is 5.10 Å². The lowest BCUT2D eigenvalue weighted by atomic mass is 10.0. The van der Waals surface area contributed by atoms with Crippen LogP contribution in [0.15, 0.2) is 91.0 Å². The van der Waals surface area contributed by atoms with E-state index in [1.807, 2.05) is 49.4 Å². The molecule has 10 nitrogen and oxygen atoms in total. The summed E-state index contributed by atoms with van der Waals surface area (Å²) < 4.78 is 18.4. The number of hydrogen-bond donors (Lipinski definition) is 0. The Morgan fingerprint density at radius 2 is 1.35 bits per heavy atom. The van der Waals surface area contributed by atoms with Gasteiger partial charge < -0.3 is 14.2 Å². The van der Waals surface area contributed by atoms with Crippen molar-refractivity contribution in [3.05, 3.63) is 112 Å². The van der Waals surface area contributed by atoms with Crippen LogP contribution in [0.3, 0.4) is 0 Å². The maximum Gasteiger partial charge on any atom is 0.349 e. The van der Waals surface area contributed by atoms with Crippen LogP contribution in [0.25, 0.3) is 32.4 Å². The van der Waals surface area contributed by atoms with Gasteiger partial charge in [0.2, 0.25) is 0 Å².